The van der Waals surface area contributed by atoms with Crippen LogP contribution < -0.4 is 10.6 Å². The summed E-state index contributed by atoms with van der Waals surface area (Å²) in [5.74, 6) is 0. The van der Waals surface area contributed by atoms with Gasteiger partial charge in [-0.05, 0) is 25.6 Å². The van der Waals surface area contributed by atoms with Crippen molar-refractivity contribution in [3.05, 3.63) is 30.6 Å². The first-order chi connectivity index (χ1) is 9.70. The summed E-state index contributed by atoms with van der Waals surface area (Å²) in [4.78, 5) is 9.07. The van der Waals surface area contributed by atoms with Gasteiger partial charge in [0.05, 0.1) is 11.4 Å². The van der Waals surface area contributed by atoms with Crippen molar-refractivity contribution in [3.63, 3.8) is 0 Å². The third-order valence-corrected chi connectivity index (χ3v) is 4.35. The molecule has 106 valence electrons. The molecule has 1 aromatic heterocycles. The number of fused-ring (bicyclic) bond motifs is 1. The topological polar surface area (TPSA) is 45.4 Å². The fraction of sp³-hybridized carbons (Fsp3) is 0.438. The molecule has 0 radical (unpaired) electrons. The van der Waals surface area contributed by atoms with Crippen LogP contribution in [0.15, 0.2) is 30.6 Å². The van der Waals surface area contributed by atoms with E-state index in [1.54, 1.807) is 6.20 Å². The predicted molar refractivity (Wildman–Crippen MR) is 85.1 cm³/mol. The maximum Gasteiger partial charge on any atom is 0.0632 e. The van der Waals surface area contributed by atoms with E-state index in [0.717, 1.165) is 48.3 Å². The number of nitrogens with two attached hydrogens (primary N) is 1. The average Bonchev–Trinajstić information content (AvgIpc) is 2.48. The number of likely N-dealkylation sites (N-methyl/N-ethyl adjacent to an activating group) is 1. The van der Waals surface area contributed by atoms with E-state index in [0.29, 0.717) is 6.04 Å². The fourth-order valence-electron chi connectivity index (χ4n) is 3.14. The van der Waals surface area contributed by atoms with E-state index >= 15 is 0 Å². The largest absolute Gasteiger partial charge is 0.397 e. The molecule has 1 saturated heterocycles. The van der Waals surface area contributed by atoms with E-state index < -0.39 is 0 Å². The first-order valence-corrected chi connectivity index (χ1v) is 7.32. The normalized spacial score (nSPS) is 20.5. The Bertz CT molecular complexity index is 610. The Kier molecular flexibility index (Phi) is 3.49. The van der Waals surface area contributed by atoms with Crippen LogP contribution in [-0.2, 0) is 0 Å². The standard InChI is InChI=1S/C16H22N4/c1-3-19-8-9-20(11-12(19)2)15-5-4-13-10-18-7-6-14(13)16(15)17/h4-7,10,12H,3,8-9,11,17H2,1-2H3. The van der Waals surface area contributed by atoms with Gasteiger partial charge < -0.3 is 10.6 Å². The lowest BCUT2D eigenvalue weighted by molar-refractivity contribution is 0.199. The molecule has 0 amide bonds. The van der Waals surface area contributed by atoms with E-state index in [4.69, 9.17) is 5.73 Å². The number of hydrogen-bond acceptors (Lipinski definition) is 4. The van der Waals surface area contributed by atoms with E-state index in [2.05, 4.69) is 40.8 Å². The van der Waals surface area contributed by atoms with E-state index in [-0.39, 0.29) is 0 Å². The number of aromatic nitrogens is 1. The monoisotopic (exact) mass is 270 g/mol. The van der Waals surface area contributed by atoms with Gasteiger partial charge in [0, 0.05) is 48.8 Å². The number of benzene rings is 1. The van der Waals surface area contributed by atoms with Crippen LogP contribution in [0.3, 0.4) is 0 Å². The number of rotatable bonds is 2. The van der Waals surface area contributed by atoms with Crippen LogP contribution in [0.4, 0.5) is 11.4 Å². The Morgan fingerprint density at radius 3 is 2.90 bits per heavy atom. The van der Waals surface area contributed by atoms with Gasteiger partial charge in [-0.25, -0.2) is 0 Å². The maximum absolute atomic E-state index is 6.38. The Hall–Kier alpha value is -1.81. The number of hydrogen-bond donors (Lipinski definition) is 1. The molecular weight excluding hydrogens is 248 g/mol. The third kappa shape index (κ3) is 2.20. The molecule has 2 N–H and O–H groups in total. The maximum atomic E-state index is 6.38. The van der Waals surface area contributed by atoms with E-state index in [9.17, 15) is 0 Å². The zero-order valence-electron chi connectivity index (χ0n) is 12.2. The zero-order chi connectivity index (χ0) is 14.1. The summed E-state index contributed by atoms with van der Waals surface area (Å²) in [6.07, 6.45) is 3.67. The first-order valence-electron chi connectivity index (χ1n) is 7.32. The molecule has 4 nitrogen and oxygen atoms in total. The van der Waals surface area contributed by atoms with Gasteiger partial charge in [-0.3, -0.25) is 9.88 Å². The van der Waals surface area contributed by atoms with Gasteiger partial charge >= 0.3 is 0 Å². The van der Waals surface area contributed by atoms with Crippen molar-refractivity contribution < 1.29 is 0 Å². The van der Waals surface area contributed by atoms with Crippen molar-refractivity contribution in [2.24, 2.45) is 0 Å². The lowest BCUT2D eigenvalue weighted by Gasteiger charge is -2.41. The Morgan fingerprint density at radius 1 is 1.30 bits per heavy atom. The summed E-state index contributed by atoms with van der Waals surface area (Å²) in [5.41, 5.74) is 8.41. The van der Waals surface area contributed by atoms with Crippen LogP contribution in [0.2, 0.25) is 0 Å². The molecule has 20 heavy (non-hydrogen) atoms. The minimum atomic E-state index is 0.571. The highest BCUT2D eigenvalue weighted by molar-refractivity contribution is 5.98. The van der Waals surface area contributed by atoms with Crippen molar-refractivity contribution in [3.8, 4) is 0 Å². The molecule has 4 heteroatoms. The van der Waals surface area contributed by atoms with E-state index in [1.165, 1.54) is 0 Å². The average molecular weight is 270 g/mol. The first kappa shape index (κ1) is 13.2. The van der Waals surface area contributed by atoms with Crippen LogP contribution in [0, 0.1) is 0 Å². The summed E-state index contributed by atoms with van der Waals surface area (Å²) < 4.78 is 0. The molecule has 2 aromatic rings. The highest BCUT2D eigenvalue weighted by atomic mass is 15.3. The Labute approximate surface area is 120 Å². The number of piperazine rings is 1. The summed E-state index contributed by atoms with van der Waals surface area (Å²) in [5, 5.41) is 2.21. The van der Waals surface area contributed by atoms with Crippen LogP contribution in [-0.4, -0.2) is 42.1 Å². The lowest BCUT2D eigenvalue weighted by Crippen LogP contribution is -2.51. The molecule has 1 fully saturated rings. The molecule has 1 aliphatic rings. The van der Waals surface area contributed by atoms with Crippen molar-refractivity contribution in [1.82, 2.24) is 9.88 Å². The highest BCUT2D eigenvalue weighted by Crippen LogP contribution is 2.32. The molecule has 3 rings (SSSR count). The number of anilines is 2. The third-order valence-electron chi connectivity index (χ3n) is 4.35. The van der Waals surface area contributed by atoms with Gasteiger partial charge in [0.2, 0.25) is 0 Å². The van der Waals surface area contributed by atoms with Crippen molar-refractivity contribution in [2.45, 2.75) is 19.9 Å². The summed E-state index contributed by atoms with van der Waals surface area (Å²) in [6.45, 7) is 8.81. The van der Waals surface area contributed by atoms with Gasteiger partial charge in [0.15, 0.2) is 0 Å². The second kappa shape index (κ2) is 5.29. The van der Waals surface area contributed by atoms with E-state index in [1.807, 2.05) is 12.3 Å². The summed E-state index contributed by atoms with van der Waals surface area (Å²) in [6, 6.07) is 6.82. The molecule has 0 spiro atoms. The lowest BCUT2D eigenvalue weighted by atomic mass is 10.1. The quantitative estimate of drug-likeness (QED) is 0.851. The van der Waals surface area contributed by atoms with Crippen molar-refractivity contribution in [2.75, 3.05) is 36.8 Å². The zero-order valence-corrected chi connectivity index (χ0v) is 12.2. The van der Waals surface area contributed by atoms with Gasteiger partial charge in [-0.15, -0.1) is 0 Å². The van der Waals surface area contributed by atoms with Gasteiger partial charge in [0.1, 0.15) is 0 Å². The Morgan fingerprint density at radius 2 is 2.15 bits per heavy atom. The van der Waals surface area contributed by atoms with Gasteiger partial charge in [0.25, 0.3) is 0 Å². The predicted octanol–water partition coefficient (Wildman–Crippen LogP) is 2.35. The number of nitrogens with zero attached hydrogens (tertiary/aromatic N) is 3. The van der Waals surface area contributed by atoms with Crippen molar-refractivity contribution in [1.29, 1.82) is 0 Å². The highest BCUT2D eigenvalue weighted by Gasteiger charge is 2.23. The molecule has 0 saturated carbocycles. The molecule has 1 atom stereocenters. The van der Waals surface area contributed by atoms with Crippen molar-refractivity contribution >= 4 is 22.1 Å². The molecule has 0 bridgehead atoms. The molecule has 1 unspecified atom stereocenters. The molecule has 0 aliphatic carbocycles. The Balaban J connectivity index is 1.93. The SMILES string of the molecule is CCN1CCN(c2ccc3cnccc3c2N)CC1C. The van der Waals surface area contributed by atoms with Gasteiger partial charge in [-0.1, -0.05) is 13.0 Å². The second-order valence-corrected chi connectivity index (χ2v) is 5.52. The molecule has 1 aromatic carbocycles. The molecule has 2 heterocycles. The smallest absolute Gasteiger partial charge is 0.0632 e. The molecule has 1 aliphatic heterocycles. The summed E-state index contributed by atoms with van der Waals surface area (Å²) >= 11 is 0. The van der Waals surface area contributed by atoms with Crippen LogP contribution in [0.25, 0.3) is 10.8 Å². The summed E-state index contributed by atoms with van der Waals surface area (Å²) in [7, 11) is 0. The second-order valence-electron chi connectivity index (χ2n) is 5.52. The van der Waals surface area contributed by atoms with Crippen LogP contribution in [0.1, 0.15) is 13.8 Å². The van der Waals surface area contributed by atoms with Gasteiger partial charge in [-0.2, -0.15) is 0 Å². The molecular formula is C16H22N4. The minimum absolute atomic E-state index is 0.571. The minimum Gasteiger partial charge on any atom is -0.397 e. The number of nitrogen functional groups attached to an aromatic ring is 1. The van der Waals surface area contributed by atoms with Crippen LogP contribution >= 0.6 is 0 Å². The number of pyridine rings is 1. The van der Waals surface area contributed by atoms with Crippen LogP contribution in [0.5, 0.6) is 0 Å². The fourth-order valence-corrected chi connectivity index (χ4v) is 3.14.